The van der Waals surface area contributed by atoms with Crippen molar-refractivity contribution < 1.29 is 8.83 Å². The van der Waals surface area contributed by atoms with Crippen LogP contribution in [0.25, 0.3) is 21.5 Å². The molecule has 0 spiro atoms. The molecule has 0 amide bonds. The summed E-state index contributed by atoms with van der Waals surface area (Å²) in [6.07, 6.45) is 0. The number of rotatable bonds is 0. The zero-order chi connectivity index (χ0) is 17.4. The van der Waals surface area contributed by atoms with Gasteiger partial charge >= 0.3 is 22.5 Å². The molecule has 2 heterocycles. The van der Waals surface area contributed by atoms with Crippen LogP contribution in [0.15, 0.2) is 64.4 Å². The number of hydrogen-bond donors (Lipinski definition) is 2. The maximum Gasteiger partial charge on any atom is 0.346 e. The van der Waals surface area contributed by atoms with Crippen molar-refractivity contribution in [2.75, 3.05) is 11.5 Å². The quantitative estimate of drug-likeness (QED) is 0.440. The van der Waals surface area contributed by atoms with Crippen molar-refractivity contribution >= 4 is 32.9 Å². The molecule has 8 nitrogen and oxygen atoms in total. The summed E-state index contributed by atoms with van der Waals surface area (Å²) < 4.78 is 8.68. The second-order valence-electron chi connectivity index (χ2n) is 4.96. The molecule has 0 aliphatic carbocycles. The largest absolute Gasteiger partial charge is 0.399 e. The first-order chi connectivity index (χ1) is 11.4. The van der Waals surface area contributed by atoms with Gasteiger partial charge in [0.05, 0.1) is 21.5 Å². The number of hydrogen-bond acceptors (Lipinski definition) is 8. The van der Waals surface area contributed by atoms with E-state index in [2.05, 4.69) is 8.83 Å². The standard InChI is InChI=1S/C10H2O6.C6H8N2/c11-7-3-1-4-6(10(14)16-8(4)12)2-5(3)9(13)15-7;7-5-1-2-6(8)4-3-5/h1-2H;1-4H,7-8H2. The van der Waals surface area contributed by atoms with E-state index in [-0.39, 0.29) is 21.5 Å². The van der Waals surface area contributed by atoms with Gasteiger partial charge in [0.2, 0.25) is 0 Å². The highest BCUT2D eigenvalue weighted by molar-refractivity contribution is 5.96. The second kappa shape index (κ2) is 5.51. The van der Waals surface area contributed by atoms with Crippen LogP contribution in [0.1, 0.15) is 0 Å². The maximum absolute atomic E-state index is 11.2. The zero-order valence-electron chi connectivity index (χ0n) is 12.1. The fourth-order valence-electron chi connectivity index (χ4n) is 2.16. The molecule has 4 aromatic rings. The Balaban J connectivity index is 0.000000179. The Labute approximate surface area is 132 Å². The average molecular weight is 326 g/mol. The fraction of sp³-hybridized carbons (Fsp3) is 0. The Morgan fingerprint density at radius 1 is 0.542 bits per heavy atom. The lowest BCUT2D eigenvalue weighted by atomic mass is 10.1. The molecule has 0 saturated heterocycles. The first kappa shape index (κ1) is 15.2. The Hall–Kier alpha value is -3.68. The molecule has 0 aliphatic rings. The van der Waals surface area contributed by atoms with Crippen LogP contribution >= 0.6 is 0 Å². The predicted molar refractivity (Wildman–Crippen MR) is 88.7 cm³/mol. The van der Waals surface area contributed by atoms with Crippen LogP contribution in [-0.2, 0) is 0 Å². The van der Waals surface area contributed by atoms with Gasteiger partial charge in [-0.15, -0.1) is 0 Å². The monoisotopic (exact) mass is 326 g/mol. The number of benzene rings is 2. The molecule has 0 saturated carbocycles. The van der Waals surface area contributed by atoms with Gasteiger partial charge in [0.1, 0.15) is 0 Å². The van der Waals surface area contributed by atoms with E-state index in [4.69, 9.17) is 11.5 Å². The van der Waals surface area contributed by atoms with Crippen LogP contribution in [0.2, 0.25) is 0 Å². The highest BCUT2D eigenvalue weighted by atomic mass is 16.4. The molecule has 4 N–H and O–H groups in total. The molecule has 8 heteroatoms. The summed E-state index contributed by atoms with van der Waals surface area (Å²) in [5.74, 6) is 0. The summed E-state index contributed by atoms with van der Waals surface area (Å²) in [7, 11) is 0. The van der Waals surface area contributed by atoms with Crippen molar-refractivity contribution in [3.05, 3.63) is 78.1 Å². The third-order valence-electron chi connectivity index (χ3n) is 3.34. The lowest BCUT2D eigenvalue weighted by molar-refractivity contribution is 0.498. The summed E-state index contributed by atoms with van der Waals surface area (Å²) in [5, 5.41) is -0.0726. The Kier molecular flexibility index (Phi) is 3.49. The molecule has 2 aromatic carbocycles. The molecule has 0 atom stereocenters. The summed E-state index contributed by atoms with van der Waals surface area (Å²) in [5.41, 5.74) is 8.94. The molecule has 24 heavy (non-hydrogen) atoms. The molecular formula is C16H10N2O6. The number of nitrogen functional groups attached to an aromatic ring is 2. The number of anilines is 2. The molecule has 0 bridgehead atoms. The van der Waals surface area contributed by atoms with Gasteiger partial charge in [0.15, 0.2) is 0 Å². The molecule has 2 aromatic heterocycles. The van der Waals surface area contributed by atoms with E-state index < -0.39 is 22.5 Å². The third-order valence-corrected chi connectivity index (χ3v) is 3.34. The van der Waals surface area contributed by atoms with E-state index >= 15 is 0 Å². The van der Waals surface area contributed by atoms with Gasteiger partial charge in [0.25, 0.3) is 0 Å². The Morgan fingerprint density at radius 2 is 0.792 bits per heavy atom. The first-order valence-electron chi connectivity index (χ1n) is 6.69. The number of nitrogens with two attached hydrogens (primary N) is 2. The summed E-state index contributed by atoms with van der Waals surface area (Å²) in [6, 6.07) is 9.38. The Bertz CT molecular complexity index is 1070. The minimum absolute atomic E-state index is 0.0181. The van der Waals surface area contributed by atoms with E-state index in [1.54, 1.807) is 24.3 Å². The highest BCUT2D eigenvalue weighted by Crippen LogP contribution is 2.13. The van der Waals surface area contributed by atoms with Gasteiger partial charge < -0.3 is 20.3 Å². The van der Waals surface area contributed by atoms with Crippen molar-refractivity contribution in [1.82, 2.24) is 0 Å². The lowest BCUT2D eigenvalue weighted by Gasteiger charge is -1.90. The minimum Gasteiger partial charge on any atom is -0.399 e. The molecule has 0 aliphatic heterocycles. The second-order valence-corrected chi connectivity index (χ2v) is 4.96. The topological polar surface area (TPSA) is 147 Å². The van der Waals surface area contributed by atoms with Crippen LogP contribution in [0, 0.1) is 0 Å². The van der Waals surface area contributed by atoms with Crippen LogP contribution in [0.3, 0.4) is 0 Å². The zero-order valence-corrected chi connectivity index (χ0v) is 12.1. The molecule has 120 valence electrons. The summed E-state index contributed by atoms with van der Waals surface area (Å²) >= 11 is 0. The van der Waals surface area contributed by atoms with Crippen molar-refractivity contribution in [2.45, 2.75) is 0 Å². The smallest absolute Gasteiger partial charge is 0.346 e. The molecule has 0 radical (unpaired) electrons. The van der Waals surface area contributed by atoms with Crippen LogP contribution in [0.5, 0.6) is 0 Å². The first-order valence-corrected chi connectivity index (χ1v) is 6.69. The third kappa shape index (κ3) is 2.56. The van der Waals surface area contributed by atoms with E-state index in [1.807, 2.05) is 0 Å². The molecule has 4 rings (SSSR count). The van der Waals surface area contributed by atoms with Gasteiger partial charge in [-0.05, 0) is 36.4 Å². The van der Waals surface area contributed by atoms with Crippen LogP contribution in [-0.4, -0.2) is 0 Å². The summed E-state index contributed by atoms with van der Waals surface area (Å²) in [4.78, 5) is 44.7. The van der Waals surface area contributed by atoms with Gasteiger partial charge in [0, 0.05) is 11.4 Å². The lowest BCUT2D eigenvalue weighted by Crippen LogP contribution is -1.96. The van der Waals surface area contributed by atoms with Crippen LogP contribution < -0.4 is 34.0 Å². The van der Waals surface area contributed by atoms with Gasteiger partial charge in [-0.25, -0.2) is 19.2 Å². The SMILES string of the molecule is Nc1ccc(N)cc1.O=c1oc(=O)c2cc3c(=O)oc(=O)c3cc12. The van der Waals surface area contributed by atoms with Crippen molar-refractivity contribution in [2.24, 2.45) is 0 Å². The number of fused-ring (bicyclic) bond motifs is 2. The maximum atomic E-state index is 11.2. The molecule has 0 unspecified atom stereocenters. The minimum atomic E-state index is -0.824. The summed E-state index contributed by atoms with van der Waals surface area (Å²) in [6.45, 7) is 0. The predicted octanol–water partition coefficient (Wildman–Crippen LogP) is 0.346. The van der Waals surface area contributed by atoms with E-state index in [9.17, 15) is 19.2 Å². The van der Waals surface area contributed by atoms with Gasteiger partial charge in [-0.1, -0.05) is 0 Å². The van der Waals surface area contributed by atoms with E-state index in [0.29, 0.717) is 0 Å². The number of furan rings is 2. The normalized spacial score (nSPS) is 10.7. The van der Waals surface area contributed by atoms with Crippen LogP contribution in [0.4, 0.5) is 11.4 Å². The van der Waals surface area contributed by atoms with Crippen molar-refractivity contribution in [3.63, 3.8) is 0 Å². The van der Waals surface area contributed by atoms with Gasteiger partial charge in [-0.2, -0.15) is 0 Å². The van der Waals surface area contributed by atoms with E-state index in [0.717, 1.165) is 23.5 Å². The van der Waals surface area contributed by atoms with Crippen molar-refractivity contribution in [1.29, 1.82) is 0 Å². The molecular weight excluding hydrogens is 316 g/mol. The molecule has 0 fully saturated rings. The Morgan fingerprint density at radius 3 is 1.04 bits per heavy atom. The van der Waals surface area contributed by atoms with Gasteiger partial charge in [-0.3, -0.25) is 0 Å². The highest BCUT2D eigenvalue weighted by Gasteiger charge is 2.15. The average Bonchev–Trinajstić information content (AvgIpc) is 2.99. The fourth-order valence-corrected chi connectivity index (χ4v) is 2.16. The van der Waals surface area contributed by atoms with Crippen molar-refractivity contribution in [3.8, 4) is 0 Å². The van der Waals surface area contributed by atoms with E-state index in [1.165, 1.54) is 0 Å².